The molecule has 0 bridgehead atoms. The monoisotopic (exact) mass is 452 g/mol. The Bertz CT molecular complexity index is 940. The smallest absolute Gasteiger partial charge is 0.243 e. The Hall–Kier alpha value is -1.70. The Balaban J connectivity index is 2.08. The highest BCUT2D eigenvalue weighted by molar-refractivity contribution is 9.10. The maximum Gasteiger partial charge on any atom is 0.243 e. The topological polar surface area (TPSA) is 66.5 Å². The summed E-state index contributed by atoms with van der Waals surface area (Å²) in [4.78, 5) is 12.6. The summed E-state index contributed by atoms with van der Waals surface area (Å²) in [5, 5.41) is 2.89. The van der Waals surface area contributed by atoms with E-state index >= 15 is 0 Å². The number of carbonyl (C=O) groups is 1. The Kier molecular flexibility index (Phi) is 6.83. The highest BCUT2D eigenvalue weighted by atomic mass is 79.9. The molecule has 2 rings (SSSR count). The minimum atomic E-state index is -3.72. The molecular formula is C20H25BrN2O3S. The van der Waals surface area contributed by atoms with Crippen molar-refractivity contribution in [1.29, 1.82) is 0 Å². The number of nitrogens with zero attached hydrogens (tertiary/aromatic N) is 1. The minimum absolute atomic E-state index is 0.152. The van der Waals surface area contributed by atoms with Crippen molar-refractivity contribution in [3.63, 3.8) is 0 Å². The van der Waals surface area contributed by atoms with Crippen LogP contribution in [-0.2, 0) is 14.8 Å². The van der Waals surface area contributed by atoms with Crippen molar-refractivity contribution in [1.82, 2.24) is 9.62 Å². The van der Waals surface area contributed by atoms with Crippen molar-refractivity contribution in [2.75, 3.05) is 13.6 Å². The van der Waals surface area contributed by atoms with Gasteiger partial charge < -0.3 is 5.32 Å². The predicted molar refractivity (Wildman–Crippen MR) is 111 cm³/mol. The van der Waals surface area contributed by atoms with E-state index in [0.717, 1.165) is 25.5 Å². The molecule has 1 atom stereocenters. The molecule has 0 unspecified atom stereocenters. The number of carbonyl (C=O) groups excluding carboxylic acids is 1. The van der Waals surface area contributed by atoms with Gasteiger partial charge in [0.15, 0.2) is 0 Å². The minimum Gasteiger partial charge on any atom is -0.348 e. The standard InChI is InChI=1S/C20H25BrN2O3S/c1-13-10-15(3)19(11-14(13)2)16(4)22-20(24)12-23(5)27(25,26)18-8-6-17(21)7-9-18/h6-11,16H,12H2,1-5H3,(H,22,24)/t16-/m0/s1. The summed E-state index contributed by atoms with van der Waals surface area (Å²) in [5.41, 5.74) is 4.49. The first-order chi connectivity index (χ1) is 12.5. The first-order valence-electron chi connectivity index (χ1n) is 8.61. The second-order valence-electron chi connectivity index (χ2n) is 6.80. The number of benzene rings is 2. The van der Waals surface area contributed by atoms with Crippen LogP contribution in [0.1, 0.15) is 35.2 Å². The lowest BCUT2D eigenvalue weighted by atomic mass is 9.96. The fourth-order valence-electron chi connectivity index (χ4n) is 2.89. The van der Waals surface area contributed by atoms with Gasteiger partial charge in [-0.3, -0.25) is 4.79 Å². The lowest BCUT2D eigenvalue weighted by Crippen LogP contribution is -2.39. The van der Waals surface area contributed by atoms with Gasteiger partial charge >= 0.3 is 0 Å². The lowest BCUT2D eigenvalue weighted by molar-refractivity contribution is -0.121. The van der Waals surface area contributed by atoms with Gasteiger partial charge in [-0.15, -0.1) is 0 Å². The van der Waals surface area contributed by atoms with Gasteiger partial charge in [0.05, 0.1) is 17.5 Å². The number of rotatable bonds is 6. The zero-order valence-corrected chi connectivity index (χ0v) is 18.6. The third kappa shape index (κ3) is 5.18. The first-order valence-corrected chi connectivity index (χ1v) is 10.8. The summed E-state index contributed by atoms with van der Waals surface area (Å²) in [5.74, 6) is -0.344. The molecule has 0 radical (unpaired) electrons. The average molecular weight is 453 g/mol. The quantitative estimate of drug-likeness (QED) is 0.722. The molecule has 0 spiro atoms. The normalized spacial score (nSPS) is 12.9. The maximum atomic E-state index is 12.6. The molecule has 0 fully saturated rings. The highest BCUT2D eigenvalue weighted by Crippen LogP contribution is 2.22. The fraction of sp³-hybridized carbons (Fsp3) is 0.350. The van der Waals surface area contributed by atoms with Crippen LogP contribution in [0.25, 0.3) is 0 Å². The van der Waals surface area contributed by atoms with Crippen LogP contribution in [0.4, 0.5) is 0 Å². The van der Waals surface area contributed by atoms with Crippen LogP contribution in [0.15, 0.2) is 45.8 Å². The van der Waals surface area contributed by atoms with E-state index in [1.54, 1.807) is 12.1 Å². The number of hydrogen-bond donors (Lipinski definition) is 1. The molecule has 27 heavy (non-hydrogen) atoms. The van der Waals surface area contributed by atoms with E-state index < -0.39 is 10.0 Å². The largest absolute Gasteiger partial charge is 0.348 e. The van der Waals surface area contributed by atoms with Crippen molar-refractivity contribution < 1.29 is 13.2 Å². The second-order valence-corrected chi connectivity index (χ2v) is 9.76. The van der Waals surface area contributed by atoms with Crippen LogP contribution in [-0.4, -0.2) is 32.2 Å². The molecule has 0 aliphatic carbocycles. The lowest BCUT2D eigenvalue weighted by Gasteiger charge is -2.21. The third-order valence-electron chi connectivity index (χ3n) is 4.61. The molecule has 7 heteroatoms. The first kappa shape index (κ1) is 21.6. The summed E-state index contributed by atoms with van der Waals surface area (Å²) in [7, 11) is -2.31. The van der Waals surface area contributed by atoms with E-state index in [1.807, 2.05) is 20.8 Å². The van der Waals surface area contributed by atoms with Gasteiger partial charge in [0, 0.05) is 11.5 Å². The Morgan fingerprint density at radius 2 is 1.63 bits per heavy atom. The maximum absolute atomic E-state index is 12.6. The van der Waals surface area contributed by atoms with Crippen LogP contribution in [0, 0.1) is 20.8 Å². The highest BCUT2D eigenvalue weighted by Gasteiger charge is 2.23. The Morgan fingerprint density at radius 3 is 2.22 bits per heavy atom. The number of hydrogen-bond acceptors (Lipinski definition) is 3. The van der Waals surface area contributed by atoms with Crippen LogP contribution < -0.4 is 5.32 Å². The molecule has 1 N–H and O–H groups in total. The fourth-order valence-corrected chi connectivity index (χ4v) is 4.28. The molecule has 0 saturated carbocycles. The van der Waals surface area contributed by atoms with Gasteiger partial charge in [0.2, 0.25) is 15.9 Å². The van der Waals surface area contributed by atoms with Crippen LogP contribution >= 0.6 is 15.9 Å². The molecule has 0 heterocycles. The average Bonchev–Trinajstić information content (AvgIpc) is 2.58. The summed E-state index contributed by atoms with van der Waals surface area (Å²) < 4.78 is 27.1. The van der Waals surface area contributed by atoms with Gasteiger partial charge in [-0.1, -0.05) is 28.1 Å². The summed E-state index contributed by atoms with van der Waals surface area (Å²) >= 11 is 3.28. The molecule has 2 aromatic carbocycles. The number of aryl methyl sites for hydroxylation is 3. The molecule has 0 saturated heterocycles. The molecule has 2 aromatic rings. The van der Waals surface area contributed by atoms with E-state index in [9.17, 15) is 13.2 Å². The Morgan fingerprint density at radius 1 is 1.07 bits per heavy atom. The molecule has 0 aliphatic rings. The molecule has 0 aromatic heterocycles. The van der Waals surface area contributed by atoms with Crippen molar-refractivity contribution in [3.8, 4) is 0 Å². The van der Waals surface area contributed by atoms with E-state index in [0.29, 0.717) is 0 Å². The number of sulfonamides is 1. The van der Waals surface area contributed by atoms with Crippen LogP contribution in [0.5, 0.6) is 0 Å². The molecular weight excluding hydrogens is 428 g/mol. The van der Waals surface area contributed by atoms with Crippen LogP contribution in [0.2, 0.25) is 0 Å². The molecule has 1 amide bonds. The summed E-state index contributed by atoms with van der Waals surface area (Å²) in [6.07, 6.45) is 0. The zero-order valence-electron chi connectivity index (χ0n) is 16.2. The number of nitrogens with one attached hydrogen (secondary N) is 1. The van der Waals surface area contributed by atoms with Gasteiger partial charge in [-0.05, 0) is 74.2 Å². The van der Waals surface area contributed by atoms with Crippen molar-refractivity contribution in [3.05, 3.63) is 63.1 Å². The third-order valence-corrected chi connectivity index (χ3v) is 6.96. The summed E-state index contributed by atoms with van der Waals surface area (Å²) in [6, 6.07) is 10.3. The number of halogens is 1. The van der Waals surface area contributed by atoms with E-state index in [2.05, 4.69) is 40.3 Å². The number of likely N-dealkylation sites (N-methyl/N-ethyl adjacent to an activating group) is 1. The molecule has 0 aliphatic heterocycles. The van der Waals surface area contributed by atoms with Gasteiger partial charge in [0.25, 0.3) is 0 Å². The van der Waals surface area contributed by atoms with Crippen molar-refractivity contribution in [2.45, 2.75) is 38.6 Å². The number of amides is 1. The van der Waals surface area contributed by atoms with Gasteiger partial charge in [-0.25, -0.2) is 8.42 Å². The van der Waals surface area contributed by atoms with Gasteiger partial charge in [0.1, 0.15) is 0 Å². The Labute approximate surface area is 170 Å². The van der Waals surface area contributed by atoms with Crippen molar-refractivity contribution in [2.24, 2.45) is 0 Å². The van der Waals surface area contributed by atoms with E-state index in [1.165, 1.54) is 24.7 Å². The zero-order chi connectivity index (χ0) is 20.4. The molecule has 5 nitrogen and oxygen atoms in total. The van der Waals surface area contributed by atoms with E-state index in [4.69, 9.17) is 0 Å². The van der Waals surface area contributed by atoms with Gasteiger partial charge in [-0.2, -0.15) is 4.31 Å². The van der Waals surface area contributed by atoms with Crippen LogP contribution in [0.3, 0.4) is 0 Å². The van der Waals surface area contributed by atoms with E-state index in [-0.39, 0.29) is 23.4 Å². The predicted octanol–water partition coefficient (Wildman–Crippen LogP) is 3.87. The SMILES string of the molecule is Cc1cc(C)c([C@H](C)NC(=O)CN(C)S(=O)(=O)c2ccc(Br)cc2)cc1C. The summed E-state index contributed by atoms with van der Waals surface area (Å²) in [6.45, 7) is 7.75. The van der Waals surface area contributed by atoms with Crippen molar-refractivity contribution >= 4 is 31.9 Å². The molecule has 146 valence electrons. The second kappa shape index (κ2) is 8.54.